The fourth-order valence-electron chi connectivity index (χ4n) is 1.50. The third-order valence-electron chi connectivity index (χ3n) is 2.50. The van der Waals surface area contributed by atoms with Crippen LogP contribution in [0.2, 0.25) is 0 Å². The Kier molecular flexibility index (Phi) is 5.79. The first-order valence-corrected chi connectivity index (χ1v) is 8.18. The van der Waals surface area contributed by atoms with E-state index in [1.54, 1.807) is 13.0 Å². The van der Waals surface area contributed by atoms with Crippen LogP contribution in [0.25, 0.3) is 0 Å². The fraction of sp³-hybridized carbons (Fsp3) is 0.500. The zero-order valence-electron chi connectivity index (χ0n) is 11.2. The number of ether oxygens (including phenoxy) is 1. The Morgan fingerprint density at radius 3 is 2.63 bits per heavy atom. The molecule has 0 heterocycles. The summed E-state index contributed by atoms with van der Waals surface area (Å²) >= 11 is 3.24. The van der Waals surface area contributed by atoms with Crippen LogP contribution in [0.5, 0.6) is 0 Å². The van der Waals surface area contributed by atoms with E-state index in [1.165, 1.54) is 6.07 Å². The van der Waals surface area contributed by atoms with E-state index in [0.717, 1.165) is 0 Å². The average molecular weight is 351 g/mol. The van der Waals surface area contributed by atoms with Crippen LogP contribution < -0.4 is 10.5 Å². The highest BCUT2D eigenvalue weighted by atomic mass is 79.9. The van der Waals surface area contributed by atoms with E-state index in [2.05, 4.69) is 20.7 Å². The van der Waals surface area contributed by atoms with Crippen molar-refractivity contribution in [3.05, 3.63) is 22.2 Å². The zero-order chi connectivity index (χ0) is 14.6. The quantitative estimate of drug-likeness (QED) is 0.607. The maximum Gasteiger partial charge on any atom is 0.241 e. The number of nitrogen functional groups attached to an aromatic ring is 1. The molecule has 1 aromatic rings. The zero-order valence-corrected chi connectivity index (χ0v) is 13.6. The average Bonchev–Trinajstić information content (AvgIpc) is 2.29. The smallest absolute Gasteiger partial charge is 0.241 e. The lowest BCUT2D eigenvalue weighted by Gasteiger charge is -2.12. The molecule has 0 spiro atoms. The molecule has 0 aliphatic heterocycles. The van der Waals surface area contributed by atoms with Gasteiger partial charge in [0.25, 0.3) is 0 Å². The predicted molar refractivity (Wildman–Crippen MR) is 79.6 cm³/mol. The summed E-state index contributed by atoms with van der Waals surface area (Å²) in [5.41, 5.74) is 6.75. The van der Waals surface area contributed by atoms with Gasteiger partial charge in [0.2, 0.25) is 10.0 Å². The van der Waals surface area contributed by atoms with Gasteiger partial charge in [0, 0.05) is 16.7 Å². The number of rotatable bonds is 6. The molecule has 3 N–H and O–H groups in total. The van der Waals surface area contributed by atoms with E-state index >= 15 is 0 Å². The lowest BCUT2D eigenvalue weighted by Crippen LogP contribution is -2.29. The molecule has 0 bridgehead atoms. The minimum absolute atomic E-state index is 0.0766. The summed E-state index contributed by atoms with van der Waals surface area (Å²) in [5.74, 6) is 0. The van der Waals surface area contributed by atoms with E-state index in [-0.39, 0.29) is 17.5 Å². The molecule has 0 unspecified atom stereocenters. The minimum atomic E-state index is -3.57. The van der Waals surface area contributed by atoms with Gasteiger partial charge in [-0.1, -0.05) is 15.9 Å². The number of nitrogens with one attached hydrogen (secondary N) is 1. The number of sulfonamides is 1. The van der Waals surface area contributed by atoms with Gasteiger partial charge in [0.05, 0.1) is 17.6 Å². The summed E-state index contributed by atoms with van der Waals surface area (Å²) in [7, 11) is -3.57. The Balaban J connectivity index is 2.83. The number of benzene rings is 1. The van der Waals surface area contributed by atoms with Gasteiger partial charge in [-0.3, -0.25) is 0 Å². The van der Waals surface area contributed by atoms with Crippen molar-refractivity contribution < 1.29 is 13.2 Å². The monoisotopic (exact) mass is 350 g/mol. The van der Waals surface area contributed by atoms with Crippen molar-refractivity contribution >= 4 is 31.6 Å². The van der Waals surface area contributed by atoms with Gasteiger partial charge in [-0.15, -0.1) is 0 Å². The summed E-state index contributed by atoms with van der Waals surface area (Å²) < 4.78 is 32.7. The molecule has 0 aliphatic carbocycles. The molecule has 7 heteroatoms. The Labute approximate surface area is 122 Å². The van der Waals surface area contributed by atoms with Crippen molar-refractivity contribution in [2.24, 2.45) is 0 Å². The van der Waals surface area contributed by atoms with Crippen LogP contribution in [-0.4, -0.2) is 27.7 Å². The van der Waals surface area contributed by atoms with Crippen molar-refractivity contribution in [3.63, 3.8) is 0 Å². The van der Waals surface area contributed by atoms with Crippen LogP contribution in [0.1, 0.15) is 19.4 Å². The molecule has 0 aliphatic rings. The second-order valence-electron chi connectivity index (χ2n) is 4.44. The Bertz CT molecular complexity index is 544. The first kappa shape index (κ1) is 16.4. The molecule has 0 atom stereocenters. The van der Waals surface area contributed by atoms with Gasteiger partial charge in [-0.05, 0) is 38.5 Å². The molecule has 0 saturated heterocycles. The summed E-state index contributed by atoms with van der Waals surface area (Å²) in [6, 6.07) is 3.22. The van der Waals surface area contributed by atoms with Crippen LogP contribution in [0, 0.1) is 6.92 Å². The fourth-order valence-corrected chi connectivity index (χ4v) is 3.44. The summed E-state index contributed by atoms with van der Waals surface area (Å²) in [4.78, 5) is 0.184. The molecule has 0 amide bonds. The molecule has 0 saturated carbocycles. The molecule has 0 fully saturated rings. The normalized spacial score (nSPS) is 12.1. The maximum absolute atomic E-state index is 12.2. The van der Waals surface area contributed by atoms with Crippen molar-refractivity contribution in [1.29, 1.82) is 0 Å². The van der Waals surface area contributed by atoms with Crippen LogP contribution in [0.3, 0.4) is 0 Å². The van der Waals surface area contributed by atoms with Crippen LogP contribution >= 0.6 is 15.9 Å². The van der Waals surface area contributed by atoms with E-state index in [0.29, 0.717) is 22.3 Å². The molecule has 0 radical (unpaired) electrons. The van der Waals surface area contributed by atoms with Crippen LogP contribution in [0.4, 0.5) is 5.69 Å². The lowest BCUT2D eigenvalue weighted by atomic mass is 10.2. The molecular weight excluding hydrogens is 332 g/mol. The molecule has 1 rings (SSSR count). The summed E-state index contributed by atoms with van der Waals surface area (Å²) in [6.07, 6.45) is 0.0766. The van der Waals surface area contributed by atoms with Crippen molar-refractivity contribution in [3.8, 4) is 0 Å². The number of anilines is 1. The number of halogens is 1. The number of hydrogen-bond donors (Lipinski definition) is 2. The largest absolute Gasteiger partial charge is 0.398 e. The molecular formula is C12H19BrN2O3S. The second kappa shape index (κ2) is 6.69. The Hall–Kier alpha value is -0.630. The third kappa shape index (κ3) is 4.76. The second-order valence-corrected chi connectivity index (χ2v) is 7.09. The van der Waals surface area contributed by atoms with E-state index in [4.69, 9.17) is 10.5 Å². The van der Waals surface area contributed by atoms with Crippen molar-refractivity contribution in [1.82, 2.24) is 4.72 Å². The van der Waals surface area contributed by atoms with Gasteiger partial charge in [0.1, 0.15) is 0 Å². The van der Waals surface area contributed by atoms with E-state index < -0.39 is 10.0 Å². The topological polar surface area (TPSA) is 81.4 Å². The van der Waals surface area contributed by atoms with Gasteiger partial charge in [-0.2, -0.15) is 0 Å². The minimum Gasteiger partial charge on any atom is -0.398 e. The predicted octanol–water partition coefficient (Wildman–Crippen LogP) is 2.04. The molecule has 0 aromatic heterocycles. The molecule has 19 heavy (non-hydrogen) atoms. The van der Waals surface area contributed by atoms with Crippen LogP contribution in [-0.2, 0) is 14.8 Å². The first-order valence-electron chi connectivity index (χ1n) is 5.91. The first-order chi connectivity index (χ1) is 8.74. The standard InChI is InChI=1S/C12H19BrN2O3S/c1-8(2)18-5-4-15-19(16,17)12-7-10(13)6-11(14)9(12)3/h6-8,15H,4-5,14H2,1-3H3. The molecule has 5 nitrogen and oxygen atoms in total. The Morgan fingerprint density at radius 2 is 2.05 bits per heavy atom. The highest BCUT2D eigenvalue weighted by molar-refractivity contribution is 9.10. The third-order valence-corrected chi connectivity index (χ3v) is 4.54. The maximum atomic E-state index is 12.2. The summed E-state index contributed by atoms with van der Waals surface area (Å²) in [5, 5.41) is 0. The van der Waals surface area contributed by atoms with Crippen LogP contribution in [0.15, 0.2) is 21.5 Å². The SMILES string of the molecule is Cc1c(N)cc(Br)cc1S(=O)(=O)NCCOC(C)C. The van der Waals surface area contributed by atoms with Gasteiger partial charge >= 0.3 is 0 Å². The van der Waals surface area contributed by atoms with E-state index in [9.17, 15) is 8.42 Å². The van der Waals surface area contributed by atoms with Gasteiger partial charge in [-0.25, -0.2) is 13.1 Å². The molecule has 108 valence electrons. The van der Waals surface area contributed by atoms with Crippen molar-refractivity contribution in [2.75, 3.05) is 18.9 Å². The highest BCUT2D eigenvalue weighted by Gasteiger charge is 2.18. The van der Waals surface area contributed by atoms with Crippen molar-refractivity contribution in [2.45, 2.75) is 31.8 Å². The lowest BCUT2D eigenvalue weighted by molar-refractivity contribution is 0.0834. The summed E-state index contributed by atoms with van der Waals surface area (Å²) in [6.45, 7) is 6.04. The molecule has 1 aromatic carbocycles. The number of nitrogens with two attached hydrogens (primary N) is 1. The number of hydrogen-bond acceptors (Lipinski definition) is 4. The van der Waals surface area contributed by atoms with Gasteiger partial charge < -0.3 is 10.5 Å². The van der Waals surface area contributed by atoms with E-state index in [1.807, 2.05) is 13.8 Å². The highest BCUT2D eigenvalue weighted by Crippen LogP contribution is 2.25. The Morgan fingerprint density at radius 1 is 1.42 bits per heavy atom. The van der Waals surface area contributed by atoms with Gasteiger partial charge in [0.15, 0.2) is 0 Å².